The fraction of sp³-hybridized carbons (Fsp3) is 0.500. The van der Waals surface area contributed by atoms with E-state index in [-0.39, 0.29) is 5.91 Å². The van der Waals surface area contributed by atoms with Gasteiger partial charge in [0.2, 0.25) is 0 Å². The zero-order chi connectivity index (χ0) is 15.7. The molecule has 3 rings (SSSR count). The van der Waals surface area contributed by atoms with E-state index in [9.17, 15) is 4.79 Å². The topological polar surface area (TPSA) is 49.0 Å². The van der Waals surface area contributed by atoms with Gasteiger partial charge in [-0.15, -0.1) is 11.3 Å². The second-order valence-electron chi connectivity index (χ2n) is 6.09. The molecular weight excluding hydrogens is 318 g/mol. The fourth-order valence-corrected chi connectivity index (χ4v) is 4.05. The van der Waals surface area contributed by atoms with Gasteiger partial charge in [0.05, 0.1) is 15.7 Å². The number of amides is 1. The number of hydrogen-bond acceptors (Lipinski definition) is 3. The molecule has 1 aliphatic rings. The van der Waals surface area contributed by atoms with E-state index < -0.39 is 0 Å². The molecule has 2 aromatic rings. The monoisotopic (exact) mass is 337 g/mol. The molecule has 1 amide bonds. The Kier molecular flexibility index (Phi) is 4.54. The van der Waals surface area contributed by atoms with E-state index in [4.69, 9.17) is 16.6 Å². The SMILES string of the molecule is CC(C)c1csc([C@H]2CCCN(C(=O)c3cc(Cl)c[nH]3)C2)n1. The Morgan fingerprint density at radius 2 is 2.36 bits per heavy atom. The summed E-state index contributed by atoms with van der Waals surface area (Å²) in [6.07, 6.45) is 3.76. The standard InChI is InChI=1S/C16H20ClN3OS/c1-10(2)14-9-22-15(19-14)11-4-3-5-20(8-11)16(21)13-6-12(17)7-18-13/h6-7,9-11,18H,3-5,8H2,1-2H3/t11-/m0/s1. The number of thiazole rings is 1. The van der Waals surface area contributed by atoms with Crippen molar-refractivity contribution in [3.63, 3.8) is 0 Å². The van der Waals surface area contributed by atoms with E-state index in [2.05, 4.69) is 24.2 Å². The summed E-state index contributed by atoms with van der Waals surface area (Å²) in [6.45, 7) is 5.85. The molecule has 4 nitrogen and oxygen atoms in total. The molecule has 3 heterocycles. The van der Waals surface area contributed by atoms with Gasteiger partial charge in [-0.1, -0.05) is 25.4 Å². The molecule has 0 aromatic carbocycles. The van der Waals surface area contributed by atoms with Crippen LogP contribution in [0.4, 0.5) is 0 Å². The molecule has 0 unspecified atom stereocenters. The highest BCUT2D eigenvalue weighted by atomic mass is 35.5. The third kappa shape index (κ3) is 3.20. The minimum atomic E-state index is 0.0252. The first kappa shape index (κ1) is 15.6. The summed E-state index contributed by atoms with van der Waals surface area (Å²) in [5.41, 5.74) is 1.72. The maximum Gasteiger partial charge on any atom is 0.270 e. The Hall–Kier alpha value is -1.33. The molecule has 1 fully saturated rings. The second kappa shape index (κ2) is 6.42. The Labute approximate surface area is 139 Å². The second-order valence-corrected chi connectivity index (χ2v) is 7.41. The van der Waals surface area contributed by atoms with Crippen molar-refractivity contribution < 1.29 is 4.79 Å². The number of aromatic nitrogens is 2. The van der Waals surface area contributed by atoms with Gasteiger partial charge in [0.15, 0.2) is 0 Å². The Morgan fingerprint density at radius 3 is 3.00 bits per heavy atom. The average molecular weight is 338 g/mol. The van der Waals surface area contributed by atoms with Gasteiger partial charge in [-0.25, -0.2) is 4.98 Å². The number of aromatic amines is 1. The van der Waals surface area contributed by atoms with Crippen molar-refractivity contribution in [1.29, 1.82) is 0 Å². The molecule has 0 aliphatic carbocycles. The van der Waals surface area contributed by atoms with Crippen LogP contribution in [0.25, 0.3) is 0 Å². The van der Waals surface area contributed by atoms with Crippen LogP contribution in [-0.4, -0.2) is 33.9 Å². The van der Waals surface area contributed by atoms with Gasteiger partial charge in [-0.05, 0) is 24.8 Å². The van der Waals surface area contributed by atoms with Crippen LogP contribution in [0.3, 0.4) is 0 Å². The molecule has 2 aromatic heterocycles. The van der Waals surface area contributed by atoms with Crippen molar-refractivity contribution in [2.24, 2.45) is 0 Å². The molecule has 22 heavy (non-hydrogen) atoms. The van der Waals surface area contributed by atoms with Crippen molar-refractivity contribution in [3.8, 4) is 0 Å². The highest BCUT2D eigenvalue weighted by Gasteiger charge is 2.28. The number of carbonyl (C=O) groups is 1. The third-order valence-corrected chi connectivity index (χ3v) is 5.31. The molecule has 0 bridgehead atoms. The minimum absolute atomic E-state index is 0.0252. The van der Waals surface area contributed by atoms with Crippen molar-refractivity contribution in [2.45, 2.75) is 38.5 Å². The summed E-state index contributed by atoms with van der Waals surface area (Å²) in [7, 11) is 0. The normalized spacial score (nSPS) is 18.9. The zero-order valence-corrected chi connectivity index (χ0v) is 14.4. The number of carbonyl (C=O) groups excluding carboxylic acids is 1. The predicted molar refractivity (Wildman–Crippen MR) is 89.9 cm³/mol. The summed E-state index contributed by atoms with van der Waals surface area (Å²) in [5.74, 6) is 0.824. The van der Waals surface area contributed by atoms with Gasteiger partial charge >= 0.3 is 0 Å². The molecule has 118 valence electrons. The number of halogens is 1. The van der Waals surface area contributed by atoms with E-state index in [1.165, 1.54) is 0 Å². The summed E-state index contributed by atoms with van der Waals surface area (Å²) in [5, 5.41) is 3.87. The van der Waals surface area contributed by atoms with Crippen molar-refractivity contribution in [1.82, 2.24) is 14.9 Å². The summed E-state index contributed by atoms with van der Waals surface area (Å²) in [4.78, 5) is 22.1. The summed E-state index contributed by atoms with van der Waals surface area (Å²) >= 11 is 7.61. The Balaban J connectivity index is 1.72. The first-order valence-corrected chi connectivity index (χ1v) is 8.89. The van der Waals surface area contributed by atoms with Crippen LogP contribution in [0.5, 0.6) is 0 Å². The Bertz CT molecular complexity index is 664. The van der Waals surface area contributed by atoms with Crippen LogP contribution in [0, 0.1) is 0 Å². The van der Waals surface area contributed by atoms with Crippen molar-refractivity contribution >= 4 is 28.8 Å². The van der Waals surface area contributed by atoms with Gasteiger partial charge in [-0.3, -0.25) is 4.79 Å². The number of nitrogens with zero attached hydrogens (tertiary/aromatic N) is 2. The van der Waals surface area contributed by atoms with Crippen LogP contribution in [0.1, 0.15) is 59.7 Å². The van der Waals surface area contributed by atoms with E-state index in [0.717, 1.165) is 36.6 Å². The number of H-pyrrole nitrogens is 1. The average Bonchev–Trinajstić information content (AvgIpc) is 3.15. The van der Waals surface area contributed by atoms with Crippen molar-refractivity contribution in [2.75, 3.05) is 13.1 Å². The van der Waals surface area contributed by atoms with E-state index in [1.54, 1.807) is 23.6 Å². The van der Waals surface area contributed by atoms with Crippen LogP contribution >= 0.6 is 22.9 Å². The number of piperidine rings is 1. The molecule has 1 saturated heterocycles. The molecule has 0 radical (unpaired) electrons. The molecule has 1 atom stereocenters. The van der Waals surface area contributed by atoms with E-state index >= 15 is 0 Å². The molecule has 6 heteroatoms. The lowest BCUT2D eigenvalue weighted by Gasteiger charge is -2.31. The number of hydrogen-bond donors (Lipinski definition) is 1. The smallest absolute Gasteiger partial charge is 0.270 e. The Morgan fingerprint density at radius 1 is 1.55 bits per heavy atom. The van der Waals surface area contributed by atoms with Gasteiger partial charge in [0.1, 0.15) is 5.69 Å². The highest BCUT2D eigenvalue weighted by Crippen LogP contribution is 2.31. The van der Waals surface area contributed by atoms with Gasteiger partial charge in [0.25, 0.3) is 5.91 Å². The molecule has 0 saturated carbocycles. The molecule has 1 N–H and O–H groups in total. The number of likely N-dealkylation sites (tertiary alicyclic amines) is 1. The molecule has 1 aliphatic heterocycles. The maximum atomic E-state index is 12.5. The number of nitrogens with one attached hydrogen (secondary N) is 1. The van der Waals surface area contributed by atoms with Crippen LogP contribution < -0.4 is 0 Å². The number of rotatable bonds is 3. The van der Waals surface area contributed by atoms with Crippen LogP contribution in [0.15, 0.2) is 17.6 Å². The lowest BCUT2D eigenvalue weighted by molar-refractivity contribution is 0.0701. The largest absolute Gasteiger partial charge is 0.356 e. The first-order valence-electron chi connectivity index (χ1n) is 7.63. The zero-order valence-electron chi connectivity index (χ0n) is 12.8. The van der Waals surface area contributed by atoms with E-state index in [1.807, 2.05) is 4.90 Å². The quantitative estimate of drug-likeness (QED) is 0.909. The maximum absolute atomic E-state index is 12.5. The van der Waals surface area contributed by atoms with Crippen LogP contribution in [0.2, 0.25) is 5.02 Å². The lowest BCUT2D eigenvalue weighted by Crippen LogP contribution is -2.39. The minimum Gasteiger partial charge on any atom is -0.356 e. The molecular formula is C16H20ClN3OS. The third-order valence-electron chi connectivity index (χ3n) is 4.07. The van der Waals surface area contributed by atoms with Crippen molar-refractivity contribution in [3.05, 3.63) is 39.1 Å². The molecule has 0 spiro atoms. The fourth-order valence-electron chi connectivity index (χ4n) is 2.78. The highest BCUT2D eigenvalue weighted by molar-refractivity contribution is 7.09. The lowest BCUT2D eigenvalue weighted by atomic mass is 9.98. The van der Waals surface area contributed by atoms with Crippen LogP contribution in [-0.2, 0) is 0 Å². The van der Waals surface area contributed by atoms with E-state index in [0.29, 0.717) is 22.6 Å². The van der Waals surface area contributed by atoms with Gasteiger partial charge in [-0.2, -0.15) is 0 Å². The predicted octanol–water partition coefficient (Wildman–Crippen LogP) is 4.27. The van der Waals surface area contributed by atoms with Gasteiger partial charge < -0.3 is 9.88 Å². The summed E-state index contributed by atoms with van der Waals surface area (Å²) < 4.78 is 0. The first-order chi connectivity index (χ1) is 10.5. The van der Waals surface area contributed by atoms with Gasteiger partial charge in [0, 0.05) is 30.6 Å². The summed E-state index contributed by atoms with van der Waals surface area (Å²) in [6, 6.07) is 1.69.